The van der Waals surface area contributed by atoms with Crippen LogP contribution in [-0.2, 0) is 14.3 Å². The van der Waals surface area contributed by atoms with Crippen LogP contribution in [0.5, 0.6) is 5.75 Å². The van der Waals surface area contributed by atoms with Crippen LogP contribution in [0.25, 0.3) is 0 Å². The van der Waals surface area contributed by atoms with Crippen molar-refractivity contribution in [3.63, 3.8) is 0 Å². The Bertz CT molecular complexity index is 771. The highest BCUT2D eigenvalue weighted by Gasteiger charge is 2.41. The molecule has 0 fully saturated rings. The molecule has 3 rings (SSSR count). The number of ether oxygens (including phenoxy) is 3. The third-order valence-electron chi connectivity index (χ3n) is 4.02. The number of hydrogen-bond acceptors (Lipinski definition) is 6. The first kappa shape index (κ1) is 15.9. The molecule has 0 bridgehead atoms. The molecule has 2 heterocycles. The second-order valence-electron chi connectivity index (χ2n) is 5.68. The number of hydrogen-bond donors (Lipinski definition) is 1. The third kappa shape index (κ3) is 2.69. The number of nitrogens with two attached hydrogens (primary N) is 1. The van der Waals surface area contributed by atoms with Crippen LogP contribution >= 0.6 is 0 Å². The fourth-order valence-electron chi connectivity index (χ4n) is 3.00. The fourth-order valence-corrected chi connectivity index (χ4v) is 3.00. The minimum absolute atomic E-state index is 0.0389. The number of cyclic esters (lactones) is 1. The summed E-state index contributed by atoms with van der Waals surface area (Å²) in [7, 11) is 0. The van der Waals surface area contributed by atoms with E-state index >= 15 is 0 Å². The van der Waals surface area contributed by atoms with Crippen LogP contribution in [0.2, 0.25) is 0 Å². The van der Waals surface area contributed by atoms with Crippen LogP contribution in [0.3, 0.4) is 0 Å². The summed E-state index contributed by atoms with van der Waals surface area (Å²) < 4.78 is 16.3. The molecular weight excluding hydrogens is 308 g/mol. The number of esters is 1. The Balaban J connectivity index is 2.08. The maximum Gasteiger partial charge on any atom is 0.338 e. The number of carbonyl (C=O) groups is 1. The smallest absolute Gasteiger partial charge is 0.338 e. The Hall–Kier alpha value is -2.94. The second kappa shape index (κ2) is 6.28. The van der Waals surface area contributed by atoms with Crippen molar-refractivity contribution in [3.8, 4) is 11.8 Å². The van der Waals surface area contributed by atoms with Gasteiger partial charge in [-0.3, -0.25) is 0 Å². The van der Waals surface area contributed by atoms with E-state index in [1.165, 1.54) is 0 Å². The van der Waals surface area contributed by atoms with E-state index in [0.29, 0.717) is 24.4 Å². The van der Waals surface area contributed by atoms with Crippen LogP contribution in [0, 0.1) is 11.3 Å². The molecule has 24 heavy (non-hydrogen) atoms. The lowest BCUT2D eigenvalue weighted by Gasteiger charge is -2.32. The van der Waals surface area contributed by atoms with E-state index in [1.807, 2.05) is 19.1 Å². The number of benzene rings is 1. The summed E-state index contributed by atoms with van der Waals surface area (Å²) in [4.78, 5) is 12.4. The molecule has 2 aliphatic rings. The van der Waals surface area contributed by atoms with Crippen LogP contribution in [0.4, 0.5) is 0 Å². The Morgan fingerprint density at radius 1 is 1.38 bits per heavy atom. The highest BCUT2D eigenvalue weighted by Crippen LogP contribution is 2.43. The van der Waals surface area contributed by atoms with Gasteiger partial charge in [0.05, 0.1) is 18.1 Å². The monoisotopic (exact) mass is 326 g/mol. The maximum atomic E-state index is 12.4. The molecular formula is C18H18N2O4. The number of nitriles is 1. The molecule has 1 aromatic carbocycles. The SMILES string of the molecule is CCOc1ccc([C@@H]2C(C#N)=C(N)OC3=C2C(=O)O[C@H](C)C3)cc1. The van der Waals surface area contributed by atoms with Gasteiger partial charge in [-0.25, -0.2) is 4.79 Å². The van der Waals surface area contributed by atoms with Gasteiger partial charge in [0, 0.05) is 6.42 Å². The van der Waals surface area contributed by atoms with Gasteiger partial charge in [0.15, 0.2) is 0 Å². The van der Waals surface area contributed by atoms with Crippen molar-refractivity contribution in [1.82, 2.24) is 0 Å². The molecule has 0 saturated heterocycles. The number of rotatable bonds is 3. The van der Waals surface area contributed by atoms with E-state index in [0.717, 1.165) is 11.3 Å². The van der Waals surface area contributed by atoms with Gasteiger partial charge in [0.1, 0.15) is 29.3 Å². The third-order valence-corrected chi connectivity index (χ3v) is 4.02. The van der Waals surface area contributed by atoms with E-state index in [2.05, 4.69) is 6.07 Å². The van der Waals surface area contributed by atoms with Crippen molar-refractivity contribution in [2.75, 3.05) is 6.61 Å². The zero-order chi connectivity index (χ0) is 17.3. The number of allylic oxidation sites excluding steroid dienone is 1. The highest BCUT2D eigenvalue weighted by molar-refractivity contribution is 5.93. The van der Waals surface area contributed by atoms with Gasteiger partial charge < -0.3 is 19.9 Å². The van der Waals surface area contributed by atoms with Crippen molar-refractivity contribution >= 4 is 5.97 Å². The average molecular weight is 326 g/mol. The van der Waals surface area contributed by atoms with Crippen LogP contribution in [-0.4, -0.2) is 18.7 Å². The van der Waals surface area contributed by atoms with Gasteiger partial charge in [0.25, 0.3) is 0 Å². The average Bonchev–Trinajstić information content (AvgIpc) is 2.54. The van der Waals surface area contributed by atoms with Gasteiger partial charge in [-0.05, 0) is 31.5 Å². The highest BCUT2D eigenvalue weighted by atomic mass is 16.6. The van der Waals surface area contributed by atoms with Crippen molar-refractivity contribution in [3.05, 3.63) is 52.6 Å². The summed E-state index contributed by atoms with van der Waals surface area (Å²) in [5.74, 6) is 0.182. The molecule has 0 spiro atoms. The molecule has 0 amide bonds. The molecule has 2 atom stereocenters. The standard InChI is InChI=1S/C18H18N2O4/c1-3-22-12-6-4-11(5-7-12)15-13(9-19)17(20)24-14-8-10(2)23-18(21)16(14)15/h4-7,10,15H,3,8,20H2,1-2H3/t10-,15-/m1/s1. The predicted molar refractivity (Wildman–Crippen MR) is 85.5 cm³/mol. The van der Waals surface area contributed by atoms with Crippen LogP contribution < -0.4 is 10.5 Å². The summed E-state index contributed by atoms with van der Waals surface area (Å²) in [6.45, 7) is 4.25. The zero-order valence-corrected chi connectivity index (χ0v) is 13.5. The van der Waals surface area contributed by atoms with Crippen LogP contribution in [0.15, 0.2) is 47.1 Å². The Morgan fingerprint density at radius 3 is 2.71 bits per heavy atom. The molecule has 0 unspecified atom stereocenters. The predicted octanol–water partition coefficient (Wildman–Crippen LogP) is 2.48. The van der Waals surface area contributed by atoms with E-state index in [1.54, 1.807) is 19.1 Å². The quantitative estimate of drug-likeness (QED) is 0.858. The van der Waals surface area contributed by atoms with Crippen LogP contribution in [0.1, 0.15) is 31.7 Å². The first-order chi connectivity index (χ1) is 11.5. The minimum Gasteiger partial charge on any atom is -0.494 e. The lowest BCUT2D eigenvalue weighted by atomic mass is 9.81. The Kier molecular flexibility index (Phi) is 4.17. The molecule has 0 aliphatic carbocycles. The van der Waals surface area contributed by atoms with Crippen molar-refractivity contribution in [2.45, 2.75) is 32.3 Å². The van der Waals surface area contributed by atoms with Crippen molar-refractivity contribution in [1.29, 1.82) is 5.26 Å². The normalized spacial score (nSPS) is 23.1. The Labute approximate surface area is 140 Å². The van der Waals surface area contributed by atoms with Gasteiger partial charge in [-0.2, -0.15) is 5.26 Å². The molecule has 2 N–H and O–H groups in total. The lowest BCUT2D eigenvalue weighted by molar-refractivity contribution is -0.146. The molecule has 2 aliphatic heterocycles. The molecule has 124 valence electrons. The Morgan fingerprint density at radius 2 is 2.08 bits per heavy atom. The lowest BCUT2D eigenvalue weighted by Crippen LogP contribution is -2.33. The summed E-state index contributed by atoms with van der Waals surface area (Å²) in [5.41, 5.74) is 7.24. The first-order valence-corrected chi connectivity index (χ1v) is 7.79. The van der Waals surface area contributed by atoms with Gasteiger partial charge in [-0.1, -0.05) is 12.1 Å². The largest absolute Gasteiger partial charge is 0.494 e. The molecule has 0 saturated carbocycles. The van der Waals surface area contributed by atoms with Gasteiger partial charge >= 0.3 is 5.97 Å². The zero-order valence-electron chi connectivity index (χ0n) is 13.5. The second-order valence-corrected chi connectivity index (χ2v) is 5.68. The number of nitrogens with zero attached hydrogens (tertiary/aromatic N) is 1. The summed E-state index contributed by atoms with van der Waals surface area (Å²) in [5, 5.41) is 9.49. The first-order valence-electron chi connectivity index (χ1n) is 7.79. The van der Waals surface area contributed by atoms with E-state index in [-0.39, 0.29) is 17.6 Å². The molecule has 6 nitrogen and oxygen atoms in total. The molecule has 1 aromatic rings. The van der Waals surface area contributed by atoms with Gasteiger partial charge in [-0.15, -0.1) is 0 Å². The van der Waals surface area contributed by atoms with E-state index < -0.39 is 11.9 Å². The molecule has 6 heteroatoms. The maximum absolute atomic E-state index is 12.4. The fraction of sp³-hybridized carbons (Fsp3) is 0.333. The topological polar surface area (TPSA) is 94.6 Å². The molecule has 0 aromatic heterocycles. The van der Waals surface area contributed by atoms with E-state index in [4.69, 9.17) is 19.9 Å². The van der Waals surface area contributed by atoms with Crippen molar-refractivity contribution in [2.24, 2.45) is 5.73 Å². The summed E-state index contributed by atoms with van der Waals surface area (Å²) in [6, 6.07) is 9.31. The van der Waals surface area contributed by atoms with Crippen molar-refractivity contribution < 1.29 is 19.0 Å². The summed E-state index contributed by atoms with van der Waals surface area (Å²) in [6.07, 6.45) is 0.155. The summed E-state index contributed by atoms with van der Waals surface area (Å²) >= 11 is 0. The molecule has 0 radical (unpaired) electrons. The van der Waals surface area contributed by atoms with E-state index in [9.17, 15) is 10.1 Å². The minimum atomic E-state index is -0.588. The van der Waals surface area contributed by atoms with Gasteiger partial charge in [0.2, 0.25) is 5.88 Å². The number of carbonyl (C=O) groups excluding carboxylic acids is 1.